The molecular formula is C16H26N2O2. The van der Waals surface area contributed by atoms with Crippen LogP contribution in [-0.4, -0.2) is 37.3 Å². The zero-order valence-corrected chi connectivity index (χ0v) is 12.3. The van der Waals surface area contributed by atoms with Gasteiger partial charge in [0, 0.05) is 25.3 Å². The van der Waals surface area contributed by atoms with E-state index in [1.54, 1.807) is 0 Å². The molecule has 112 valence electrons. The molecule has 0 heterocycles. The van der Waals surface area contributed by atoms with Crippen molar-refractivity contribution in [1.82, 2.24) is 10.6 Å². The van der Waals surface area contributed by atoms with Crippen LogP contribution < -0.4 is 10.6 Å². The number of carbonyl (C=O) groups excluding carboxylic acids is 1. The third kappa shape index (κ3) is 7.26. The van der Waals surface area contributed by atoms with Crippen LogP contribution in [0, 0.1) is 6.92 Å². The summed E-state index contributed by atoms with van der Waals surface area (Å²) in [5.41, 5.74) is 1.86. The van der Waals surface area contributed by atoms with E-state index in [-0.39, 0.29) is 5.91 Å². The van der Waals surface area contributed by atoms with Gasteiger partial charge in [0.2, 0.25) is 0 Å². The zero-order chi connectivity index (χ0) is 14.6. The summed E-state index contributed by atoms with van der Waals surface area (Å²) in [7, 11) is 0. The van der Waals surface area contributed by atoms with Gasteiger partial charge in [-0.05, 0) is 38.4 Å². The molecular weight excluding hydrogens is 252 g/mol. The highest BCUT2D eigenvalue weighted by atomic mass is 16.2. The predicted octanol–water partition coefficient (Wildman–Crippen LogP) is 1.87. The van der Waals surface area contributed by atoms with E-state index in [1.165, 1.54) is 0 Å². The molecule has 0 saturated carbocycles. The topological polar surface area (TPSA) is 61.4 Å². The number of amides is 1. The summed E-state index contributed by atoms with van der Waals surface area (Å²) in [5.74, 6) is -0.0188. The fraction of sp³-hybridized carbons (Fsp3) is 0.562. The predicted molar refractivity (Wildman–Crippen MR) is 81.9 cm³/mol. The number of aliphatic hydroxyl groups excluding tert-OH is 1. The molecule has 0 aromatic heterocycles. The Balaban J connectivity index is 2.01. The lowest BCUT2D eigenvalue weighted by molar-refractivity contribution is 0.0954. The number of hydrogen-bond donors (Lipinski definition) is 3. The van der Waals surface area contributed by atoms with Crippen LogP contribution in [0.15, 0.2) is 24.3 Å². The second kappa shape index (κ2) is 10.4. The van der Waals surface area contributed by atoms with Crippen molar-refractivity contribution in [2.75, 3.05) is 26.2 Å². The minimum absolute atomic E-state index is 0.0188. The molecule has 0 aliphatic rings. The molecule has 1 aromatic rings. The Morgan fingerprint density at radius 2 is 1.70 bits per heavy atom. The number of unbranched alkanes of at least 4 members (excludes halogenated alkanes) is 3. The highest BCUT2D eigenvalue weighted by molar-refractivity contribution is 5.94. The second-order valence-electron chi connectivity index (χ2n) is 5.01. The maximum Gasteiger partial charge on any atom is 0.251 e. The molecule has 0 atom stereocenters. The van der Waals surface area contributed by atoms with Gasteiger partial charge >= 0.3 is 0 Å². The molecule has 20 heavy (non-hydrogen) atoms. The maximum atomic E-state index is 11.8. The number of carbonyl (C=O) groups is 1. The van der Waals surface area contributed by atoms with Crippen LogP contribution in [0.5, 0.6) is 0 Å². The van der Waals surface area contributed by atoms with E-state index in [0.717, 1.165) is 44.3 Å². The number of nitrogens with one attached hydrogen (secondary N) is 2. The molecule has 1 amide bonds. The summed E-state index contributed by atoms with van der Waals surface area (Å²) in [5, 5.41) is 14.8. The Bertz CT molecular complexity index is 377. The molecule has 0 saturated heterocycles. The summed E-state index contributed by atoms with van der Waals surface area (Å²) in [6.45, 7) is 4.69. The monoisotopic (exact) mass is 278 g/mol. The molecule has 4 nitrogen and oxygen atoms in total. The van der Waals surface area contributed by atoms with Crippen molar-refractivity contribution >= 4 is 5.91 Å². The first kappa shape index (κ1) is 16.7. The van der Waals surface area contributed by atoms with Crippen molar-refractivity contribution in [1.29, 1.82) is 0 Å². The normalized spacial score (nSPS) is 10.5. The first-order chi connectivity index (χ1) is 9.74. The van der Waals surface area contributed by atoms with Crippen molar-refractivity contribution in [3.63, 3.8) is 0 Å². The summed E-state index contributed by atoms with van der Waals surface area (Å²) in [6, 6.07) is 7.58. The van der Waals surface area contributed by atoms with Gasteiger partial charge in [0.15, 0.2) is 0 Å². The molecule has 0 aliphatic carbocycles. The summed E-state index contributed by atoms with van der Waals surface area (Å²) < 4.78 is 0. The SMILES string of the molecule is Cc1ccc(C(=O)NCCNCCCCCCO)cc1. The van der Waals surface area contributed by atoms with Crippen molar-refractivity contribution in [2.24, 2.45) is 0 Å². The number of aliphatic hydroxyl groups is 1. The van der Waals surface area contributed by atoms with Gasteiger partial charge in [-0.2, -0.15) is 0 Å². The van der Waals surface area contributed by atoms with Crippen molar-refractivity contribution in [3.8, 4) is 0 Å². The van der Waals surface area contributed by atoms with E-state index < -0.39 is 0 Å². The molecule has 0 bridgehead atoms. The van der Waals surface area contributed by atoms with Gasteiger partial charge in [0.05, 0.1) is 0 Å². The first-order valence-corrected chi connectivity index (χ1v) is 7.40. The summed E-state index contributed by atoms with van der Waals surface area (Å²) >= 11 is 0. The lowest BCUT2D eigenvalue weighted by atomic mass is 10.1. The molecule has 1 aromatic carbocycles. The minimum Gasteiger partial charge on any atom is -0.396 e. The third-order valence-corrected chi connectivity index (χ3v) is 3.16. The van der Waals surface area contributed by atoms with E-state index in [4.69, 9.17) is 5.11 Å². The highest BCUT2D eigenvalue weighted by Gasteiger charge is 2.03. The van der Waals surface area contributed by atoms with E-state index in [2.05, 4.69) is 10.6 Å². The fourth-order valence-corrected chi connectivity index (χ4v) is 1.91. The fourth-order valence-electron chi connectivity index (χ4n) is 1.91. The largest absolute Gasteiger partial charge is 0.396 e. The van der Waals surface area contributed by atoms with E-state index in [1.807, 2.05) is 31.2 Å². The van der Waals surface area contributed by atoms with Crippen LogP contribution in [0.4, 0.5) is 0 Å². The molecule has 0 aliphatic heterocycles. The van der Waals surface area contributed by atoms with E-state index in [9.17, 15) is 4.79 Å². The lowest BCUT2D eigenvalue weighted by Crippen LogP contribution is -2.32. The van der Waals surface area contributed by atoms with Crippen LogP contribution in [-0.2, 0) is 0 Å². The van der Waals surface area contributed by atoms with Gasteiger partial charge in [-0.25, -0.2) is 0 Å². The number of aryl methyl sites for hydroxylation is 1. The van der Waals surface area contributed by atoms with Crippen LogP contribution in [0.25, 0.3) is 0 Å². The quantitative estimate of drug-likeness (QED) is 0.573. The Labute approximate surface area is 121 Å². The lowest BCUT2D eigenvalue weighted by Gasteiger charge is -2.07. The standard InChI is InChI=1S/C16H26N2O2/c1-14-6-8-15(9-7-14)16(20)18-12-11-17-10-4-2-3-5-13-19/h6-9,17,19H,2-5,10-13H2,1H3,(H,18,20). The van der Waals surface area contributed by atoms with Gasteiger partial charge in [-0.3, -0.25) is 4.79 Å². The minimum atomic E-state index is -0.0188. The highest BCUT2D eigenvalue weighted by Crippen LogP contribution is 2.02. The Kier molecular flexibility index (Phi) is 8.67. The van der Waals surface area contributed by atoms with Gasteiger partial charge < -0.3 is 15.7 Å². The molecule has 3 N–H and O–H groups in total. The summed E-state index contributed by atoms with van der Waals surface area (Å²) in [6.07, 6.45) is 4.24. The molecule has 0 spiro atoms. The van der Waals surface area contributed by atoms with E-state index in [0.29, 0.717) is 18.7 Å². The average Bonchev–Trinajstić information content (AvgIpc) is 2.46. The Morgan fingerprint density at radius 1 is 1.00 bits per heavy atom. The van der Waals surface area contributed by atoms with Crippen molar-refractivity contribution < 1.29 is 9.90 Å². The van der Waals surface area contributed by atoms with Crippen LogP contribution in [0.3, 0.4) is 0 Å². The number of hydrogen-bond acceptors (Lipinski definition) is 3. The second-order valence-corrected chi connectivity index (χ2v) is 5.01. The van der Waals surface area contributed by atoms with Gasteiger partial charge in [0.25, 0.3) is 5.91 Å². The summed E-state index contributed by atoms with van der Waals surface area (Å²) in [4.78, 5) is 11.8. The molecule has 1 rings (SSSR count). The Morgan fingerprint density at radius 3 is 2.40 bits per heavy atom. The average molecular weight is 278 g/mol. The maximum absolute atomic E-state index is 11.8. The molecule has 0 radical (unpaired) electrons. The molecule has 4 heteroatoms. The molecule has 0 fully saturated rings. The van der Waals surface area contributed by atoms with Crippen molar-refractivity contribution in [3.05, 3.63) is 35.4 Å². The Hall–Kier alpha value is -1.39. The van der Waals surface area contributed by atoms with Crippen LogP contribution >= 0.6 is 0 Å². The van der Waals surface area contributed by atoms with Gasteiger partial charge in [0.1, 0.15) is 0 Å². The zero-order valence-electron chi connectivity index (χ0n) is 12.3. The third-order valence-electron chi connectivity index (χ3n) is 3.16. The number of benzene rings is 1. The van der Waals surface area contributed by atoms with Gasteiger partial charge in [-0.15, -0.1) is 0 Å². The smallest absolute Gasteiger partial charge is 0.251 e. The molecule has 0 unspecified atom stereocenters. The van der Waals surface area contributed by atoms with Crippen molar-refractivity contribution in [2.45, 2.75) is 32.6 Å². The van der Waals surface area contributed by atoms with Crippen LogP contribution in [0.2, 0.25) is 0 Å². The first-order valence-electron chi connectivity index (χ1n) is 7.40. The van der Waals surface area contributed by atoms with Gasteiger partial charge in [-0.1, -0.05) is 30.5 Å². The van der Waals surface area contributed by atoms with E-state index >= 15 is 0 Å². The number of rotatable bonds is 10. The van der Waals surface area contributed by atoms with Crippen LogP contribution in [0.1, 0.15) is 41.6 Å².